The van der Waals surface area contributed by atoms with Gasteiger partial charge in [-0.2, -0.15) is 9.97 Å². The Kier molecular flexibility index (Phi) is 10.3. The number of ether oxygens (including phenoxy) is 4. The third-order valence-electron chi connectivity index (χ3n) is 8.05. The van der Waals surface area contributed by atoms with E-state index in [2.05, 4.69) is 29.9 Å². The molecule has 0 radical (unpaired) electrons. The van der Waals surface area contributed by atoms with E-state index in [1.54, 1.807) is 13.8 Å². The molecule has 4 aromatic rings. The molecule has 0 aromatic carbocycles. The van der Waals surface area contributed by atoms with Crippen molar-refractivity contribution in [3.63, 3.8) is 0 Å². The number of phosphoric acid groups is 1. The minimum atomic E-state index is -5.25. The molecule has 0 aliphatic carbocycles. The number of aliphatic hydroxyl groups is 1. The second-order valence-corrected chi connectivity index (χ2v) is 17.5. The molecule has 8 N–H and O–H groups in total. The van der Waals surface area contributed by atoms with Gasteiger partial charge in [-0.3, -0.25) is 46.8 Å². The molecule has 54 heavy (non-hydrogen) atoms. The highest BCUT2D eigenvalue weighted by atomic mass is 32.7. The fraction of sp³-hybridized carbons (Fsp3) is 0.560. The first-order chi connectivity index (χ1) is 25.5. The van der Waals surface area contributed by atoms with Crippen molar-refractivity contribution in [3.8, 4) is 0 Å². The summed E-state index contributed by atoms with van der Waals surface area (Å²) in [6.07, 6.45) is -13.9. The van der Waals surface area contributed by atoms with E-state index in [1.807, 2.05) is 0 Å². The molecule has 25 nitrogen and oxygen atoms in total. The van der Waals surface area contributed by atoms with Crippen LogP contribution in [0, 0.1) is 0 Å². The van der Waals surface area contributed by atoms with Crippen molar-refractivity contribution < 1.29 is 65.4 Å². The normalized spacial score (nSPS) is 33.3. The number of fused-ring (bicyclic) bond motifs is 5. The van der Waals surface area contributed by atoms with Gasteiger partial charge in [0.1, 0.15) is 30.5 Å². The molecule has 29 heteroatoms. The van der Waals surface area contributed by atoms with Gasteiger partial charge in [0.2, 0.25) is 11.9 Å². The Morgan fingerprint density at radius 3 is 2.17 bits per heavy atom. The van der Waals surface area contributed by atoms with E-state index in [4.69, 9.17) is 48.5 Å². The van der Waals surface area contributed by atoms with Crippen molar-refractivity contribution in [3.05, 3.63) is 33.4 Å². The number of rotatable bonds is 6. The number of imidazole rings is 2. The van der Waals surface area contributed by atoms with Crippen LogP contribution in [0.2, 0.25) is 0 Å². The number of nitrogen functional groups attached to an aromatic ring is 2. The number of aliphatic hydroxyl groups excluding tert-OH is 1. The smallest absolute Gasteiger partial charge is 0.432 e. The molecule has 4 aromatic heterocycles. The lowest BCUT2D eigenvalue weighted by Gasteiger charge is -2.27. The van der Waals surface area contributed by atoms with Crippen molar-refractivity contribution in [2.45, 2.75) is 69.1 Å². The maximum absolute atomic E-state index is 16.3. The zero-order valence-electron chi connectivity index (χ0n) is 27.7. The van der Waals surface area contributed by atoms with E-state index in [0.29, 0.717) is 11.4 Å². The summed E-state index contributed by atoms with van der Waals surface area (Å²) in [5.74, 6) is -1.36. The first-order valence-corrected chi connectivity index (χ1v) is 20.3. The monoisotopic (exact) mass is 824 g/mol. The molecule has 3 aliphatic heterocycles. The van der Waals surface area contributed by atoms with Gasteiger partial charge in [0.15, 0.2) is 46.9 Å². The summed E-state index contributed by atoms with van der Waals surface area (Å²) in [6, 6.07) is 0. The van der Waals surface area contributed by atoms with E-state index >= 15 is 4.39 Å². The molecule has 0 saturated carbocycles. The first kappa shape index (κ1) is 38.3. The van der Waals surface area contributed by atoms with Gasteiger partial charge in [-0.15, -0.1) is 0 Å². The Morgan fingerprint density at radius 2 is 1.56 bits per heavy atom. The lowest BCUT2D eigenvalue weighted by atomic mass is 10.1. The predicted octanol–water partition coefficient (Wildman–Crippen LogP) is 0.189. The summed E-state index contributed by atoms with van der Waals surface area (Å²) in [5, 5.41) is 11.4. The third kappa shape index (κ3) is 7.48. The fourth-order valence-electron chi connectivity index (χ4n) is 5.76. The number of nitrogens with one attached hydrogen (secondary N) is 2. The summed E-state index contributed by atoms with van der Waals surface area (Å²) in [5.41, 5.74) is 9.11. The van der Waals surface area contributed by atoms with E-state index in [9.17, 15) is 33.5 Å². The van der Waals surface area contributed by atoms with Crippen LogP contribution in [-0.4, -0.2) is 117 Å². The van der Waals surface area contributed by atoms with Crippen molar-refractivity contribution in [1.29, 1.82) is 0 Å². The molecule has 10 atom stereocenters. The van der Waals surface area contributed by atoms with Gasteiger partial charge >= 0.3 is 20.8 Å². The molecule has 3 saturated heterocycles. The summed E-state index contributed by atoms with van der Waals surface area (Å²) < 4.78 is 89.9. The number of hydrogen-bond acceptors (Lipinski definition) is 21. The highest BCUT2D eigenvalue weighted by Crippen LogP contribution is 2.64. The van der Waals surface area contributed by atoms with Crippen molar-refractivity contribution >= 4 is 66.4 Å². The Labute approximate surface area is 303 Å². The number of nitrogens with zero attached hydrogens (tertiary/aromatic N) is 6. The molecule has 7 rings (SSSR count). The van der Waals surface area contributed by atoms with Crippen LogP contribution in [0.15, 0.2) is 22.2 Å². The average molecular weight is 825 g/mol. The van der Waals surface area contributed by atoms with Crippen LogP contribution in [0.1, 0.15) is 26.3 Å². The van der Waals surface area contributed by atoms with Gasteiger partial charge in [0.25, 0.3) is 11.1 Å². The topological polar surface area (TPSA) is 345 Å². The summed E-state index contributed by atoms with van der Waals surface area (Å²) >= 11 is 0.300. The molecule has 2 bridgehead atoms. The van der Waals surface area contributed by atoms with Gasteiger partial charge < -0.3 is 40.4 Å². The molecule has 0 spiro atoms. The number of carbonyl (C=O) groups is 1. The van der Waals surface area contributed by atoms with Crippen LogP contribution in [0.5, 0.6) is 0 Å². The molecular weight excluding hydrogens is 793 g/mol. The molecule has 0 amide bonds. The molecular formula is C25H31FN10O15P2S. The predicted molar refractivity (Wildman–Crippen MR) is 178 cm³/mol. The summed E-state index contributed by atoms with van der Waals surface area (Å²) in [4.78, 5) is 68.2. The number of H-pyrrole nitrogens is 2. The lowest BCUT2D eigenvalue weighted by Crippen LogP contribution is -2.35. The van der Waals surface area contributed by atoms with Crippen molar-refractivity contribution in [1.82, 2.24) is 39.0 Å². The van der Waals surface area contributed by atoms with E-state index in [0.717, 1.165) is 21.8 Å². The lowest BCUT2D eigenvalue weighted by molar-refractivity contribution is -0.0619. The number of aromatic amines is 2. The number of anilines is 2. The number of aromatic nitrogens is 8. The summed E-state index contributed by atoms with van der Waals surface area (Å²) in [7, 11) is -5.25. The number of alkyl halides is 1. The Hall–Kier alpha value is -4.01. The average Bonchev–Trinajstić information content (AvgIpc) is 3.84. The van der Waals surface area contributed by atoms with E-state index < -0.39 is 106 Å². The van der Waals surface area contributed by atoms with Gasteiger partial charge in [0.05, 0.1) is 32.0 Å². The number of carbonyl (C=O) groups excluding carboxylic acids is 1. The molecule has 4 unspecified atom stereocenters. The van der Waals surface area contributed by atoms with Crippen LogP contribution >= 0.6 is 26.0 Å². The number of nitrogens with two attached hydrogens (primary N) is 2. The van der Waals surface area contributed by atoms with Gasteiger partial charge in [-0.25, -0.2) is 28.3 Å². The third-order valence-corrected chi connectivity index (χ3v) is 12.4. The van der Waals surface area contributed by atoms with Gasteiger partial charge in [-0.05, 0) is 13.8 Å². The Bertz CT molecular complexity index is 2290. The highest BCUT2D eigenvalue weighted by Gasteiger charge is 2.55. The highest BCUT2D eigenvalue weighted by molar-refractivity contribution is 8.55. The van der Waals surface area contributed by atoms with Gasteiger partial charge in [-0.1, -0.05) is 0 Å². The standard InChI is InChI=1S/C25H31FN10O15P2S/c1-8(2)47-25(40)44-7-54-53(43)46-4-10-15(11(26)21(49-10)35-5-29-12-17(35)31-23(27)33-19(12)38)50-52(41,42)45-3-9-14(37)16(51-53)22(48-9)36-6-30-13-18(36)32-24(28)34-20(13)39/h5-6,8-11,14-16,21-22,37H,3-4,7H2,1-2H3,(H,41,42)(H3,27,31,33,38)(H3,28,32,34,39)/t9-,10-,11+,14?,15?,16+,21-,22-,53?/m1/s1. The molecule has 3 fully saturated rings. The quantitative estimate of drug-likeness (QED) is 0.0858. The second kappa shape index (κ2) is 14.6. The summed E-state index contributed by atoms with van der Waals surface area (Å²) in [6.45, 7) is -3.41. The van der Waals surface area contributed by atoms with Crippen molar-refractivity contribution in [2.75, 3.05) is 30.6 Å². The number of hydrogen-bond donors (Lipinski definition) is 6. The zero-order chi connectivity index (χ0) is 38.7. The van der Waals surface area contributed by atoms with Crippen LogP contribution in [0.3, 0.4) is 0 Å². The van der Waals surface area contributed by atoms with Crippen LogP contribution in [0.4, 0.5) is 21.1 Å². The van der Waals surface area contributed by atoms with Crippen LogP contribution in [0.25, 0.3) is 22.3 Å². The second-order valence-electron chi connectivity index (χ2n) is 12.1. The largest absolute Gasteiger partial charge is 0.509 e. The molecule has 294 valence electrons. The molecule has 3 aliphatic rings. The maximum atomic E-state index is 16.3. The number of halogens is 1. The first-order valence-electron chi connectivity index (χ1n) is 15.7. The van der Waals surface area contributed by atoms with Gasteiger partial charge in [0, 0.05) is 11.4 Å². The van der Waals surface area contributed by atoms with Crippen molar-refractivity contribution in [2.24, 2.45) is 0 Å². The SMILES string of the molecule is CC(C)OC(=O)OCSP1(=O)OC[C@H]2O[C@@H](n3cnc4c(=O)[nH]c(N)nc43)[C@@H](F)C2OP(=O)(O)OC[C@H]2O[C@@H](n3cnc4c(=O)[nH]c(N)nc43)[C@@H](O1)C2O. The zero-order valence-corrected chi connectivity index (χ0v) is 30.3. The van der Waals surface area contributed by atoms with E-state index in [-0.39, 0.29) is 34.2 Å². The Morgan fingerprint density at radius 1 is 0.981 bits per heavy atom. The maximum Gasteiger partial charge on any atom is 0.509 e. The minimum Gasteiger partial charge on any atom is -0.432 e. The number of phosphoric ester groups is 1. The Balaban J connectivity index is 1.24. The van der Waals surface area contributed by atoms with Crippen LogP contribution in [-0.2, 0) is 46.2 Å². The minimum absolute atomic E-state index is 0.156. The molecule has 7 heterocycles. The fourth-order valence-corrected chi connectivity index (χ4v) is 9.48. The van der Waals surface area contributed by atoms with Crippen LogP contribution < -0.4 is 22.6 Å². The van der Waals surface area contributed by atoms with E-state index in [1.165, 1.54) is 0 Å².